The third kappa shape index (κ3) is 3.69. The van der Waals surface area contributed by atoms with E-state index in [1.54, 1.807) is 34.1 Å². The number of amides is 3. The molecule has 7 heteroatoms. The van der Waals surface area contributed by atoms with Crippen molar-refractivity contribution in [1.82, 2.24) is 10.2 Å². The van der Waals surface area contributed by atoms with Crippen molar-refractivity contribution in [2.75, 3.05) is 24.5 Å². The van der Waals surface area contributed by atoms with Crippen molar-refractivity contribution in [3.05, 3.63) is 65.7 Å². The fraction of sp³-hybridized carbons (Fsp3) is 0.333. The van der Waals surface area contributed by atoms with Crippen molar-refractivity contribution >= 4 is 17.6 Å². The van der Waals surface area contributed by atoms with Crippen molar-refractivity contribution in [1.29, 1.82) is 0 Å². The van der Waals surface area contributed by atoms with Crippen LogP contribution in [0.15, 0.2) is 48.5 Å². The second-order valence-corrected chi connectivity index (χ2v) is 7.59. The zero-order valence-electron chi connectivity index (χ0n) is 15.3. The minimum Gasteiger partial charge on any atom is -0.334 e. The maximum absolute atomic E-state index is 13.2. The average Bonchev–Trinajstić information content (AvgIpc) is 3.23. The Kier molecular flexibility index (Phi) is 4.75. The van der Waals surface area contributed by atoms with Gasteiger partial charge in [-0.25, -0.2) is 13.6 Å². The van der Waals surface area contributed by atoms with Gasteiger partial charge in [0.2, 0.25) is 5.91 Å². The quantitative estimate of drug-likeness (QED) is 0.882. The molecule has 1 spiro atoms. The molecule has 0 aliphatic carbocycles. The van der Waals surface area contributed by atoms with E-state index in [0.717, 1.165) is 6.42 Å². The molecule has 2 aliphatic heterocycles. The second kappa shape index (κ2) is 7.22. The van der Waals surface area contributed by atoms with E-state index in [4.69, 9.17) is 0 Å². The van der Waals surface area contributed by atoms with Crippen LogP contribution in [0.4, 0.5) is 19.3 Å². The number of hydrogen-bond acceptors (Lipinski definition) is 2. The van der Waals surface area contributed by atoms with E-state index in [-0.39, 0.29) is 35.5 Å². The number of likely N-dealkylation sites (tertiary alicyclic amines) is 1. The molecule has 0 aromatic heterocycles. The molecule has 0 saturated carbocycles. The van der Waals surface area contributed by atoms with Crippen LogP contribution >= 0.6 is 0 Å². The lowest BCUT2D eigenvalue weighted by Crippen LogP contribution is -2.40. The Bertz CT molecular complexity index is 903. The number of carbonyl (C=O) groups is 2. The largest absolute Gasteiger partial charge is 0.334 e. The highest BCUT2D eigenvalue weighted by Crippen LogP contribution is 2.41. The summed E-state index contributed by atoms with van der Waals surface area (Å²) in [6.07, 6.45) is 1.11. The highest BCUT2D eigenvalue weighted by Gasteiger charge is 2.48. The Morgan fingerprint density at radius 1 is 1.07 bits per heavy atom. The monoisotopic (exact) mass is 385 g/mol. The van der Waals surface area contributed by atoms with E-state index in [1.807, 2.05) is 0 Å². The van der Waals surface area contributed by atoms with E-state index in [1.165, 1.54) is 24.3 Å². The number of halogens is 2. The number of hydrogen-bond donors (Lipinski definition) is 1. The van der Waals surface area contributed by atoms with Crippen LogP contribution in [0.25, 0.3) is 0 Å². The first-order chi connectivity index (χ1) is 13.4. The van der Waals surface area contributed by atoms with Gasteiger partial charge in [-0.2, -0.15) is 0 Å². The fourth-order valence-corrected chi connectivity index (χ4v) is 4.07. The molecule has 0 unspecified atom stereocenters. The first-order valence-corrected chi connectivity index (χ1v) is 9.27. The van der Waals surface area contributed by atoms with Crippen LogP contribution in [-0.4, -0.2) is 36.5 Å². The van der Waals surface area contributed by atoms with Gasteiger partial charge in [-0.3, -0.25) is 4.79 Å². The zero-order chi connectivity index (χ0) is 19.7. The molecule has 3 amide bonds. The van der Waals surface area contributed by atoms with Gasteiger partial charge in [-0.1, -0.05) is 12.1 Å². The Morgan fingerprint density at radius 3 is 2.61 bits per heavy atom. The molecule has 2 saturated heterocycles. The maximum atomic E-state index is 13.2. The Hall–Kier alpha value is -2.96. The lowest BCUT2D eigenvalue weighted by molar-refractivity contribution is -0.117. The summed E-state index contributed by atoms with van der Waals surface area (Å²) in [4.78, 5) is 28.4. The third-order valence-corrected chi connectivity index (χ3v) is 5.52. The maximum Gasteiger partial charge on any atom is 0.317 e. The molecule has 146 valence electrons. The molecule has 0 bridgehead atoms. The van der Waals surface area contributed by atoms with Crippen LogP contribution in [0.2, 0.25) is 0 Å². The molecule has 5 nitrogen and oxygen atoms in total. The molecule has 4 rings (SSSR count). The van der Waals surface area contributed by atoms with E-state index < -0.39 is 0 Å². The van der Waals surface area contributed by atoms with Gasteiger partial charge in [0.1, 0.15) is 11.6 Å². The second-order valence-electron chi connectivity index (χ2n) is 7.59. The number of anilines is 1. The summed E-state index contributed by atoms with van der Waals surface area (Å²) in [7, 11) is 0. The summed E-state index contributed by atoms with van der Waals surface area (Å²) >= 11 is 0. The standard InChI is InChI=1S/C21H21F2N3O2/c22-16-4-6-18(7-5-16)26-14-21(11-19(26)27)8-9-25(13-21)20(28)24-12-15-2-1-3-17(23)10-15/h1-7,10H,8-9,11-14H2,(H,24,28)/t21-/m0/s1. The number of rotatable bonds is 3. The van der Waals surface area contributed by atoms with Crippen LogP contribution in [0.1, 0.15) is 18.4 Å². The van der Waals surface area contributed by atoms with Gasteiger partial charge in [0.15, 0.2) is 0 Å². The van der Waals surface area contributed by atoms with Crippen molar-refractivity contribution in [2.45, 2.75) is 19.4 Å². The minimum absolute atomic E-state index is 0.00590. The first kappa shape index (κ1) is 18.4. The summed E-state index contributed by atoms with van der Waals surface area (Å²) in [5.74, 6) is -0.682. The summed E-state index contributed by atoms with van der Waals surface area (Å²) in [6.45, 7) is 1.83. The normalized spacial score (nSPS) is 21.6. The summed E-state index contributed by atoms with van der Waals surface area (Å²) < 4.78 is 26.4. The van der Waals surface area contributed by atoms with Gasteiger partial charge in [0.05, 0.1) is 0 Å². The lowest BCUT2D eigenvalue weighted by atomic mass is 9.86. The summed E-state index contributed by atoms with van der Waals surface area (Å²) in [5.41, 5.74) is 1.10. The molecule has 28 heavy (non-hydrogen) atoms. The van der Waals surface area contributed by atoms with Crippen LogP contribution in [0, 0.1) is 17.0 Å². The summed E-state index contributed by atoms with van der Waals surface area (Å²) in [6, 6.07) is 11.8. The molecule has 1 atom stereocenters. The Morgan fingerprint density at radius 2 is 1.86 bits per heavy atom. The van der Waals surface area contributed by atoms with Crippen molar-refractivity contribution in [3.63, 3.8) is 0 Å². The summed E-state index contributed by atoms with van der Waals surface area (Å²) in [5, 5.41) is 2.81. The van der Waals surface area contributed by atoms with E-state index in [9.17, 15) is 18.4 Å². The molecule has 1 N–H and O–H groups in total. The van der Waals surface area contributed by atoms with Gasteiger partial charge in [-0.05, 0) is 48.4 Å². The number of urea groups is 1. The Balaban J connectivity index is 1.37. The molecule has 2 fully saturated rings. The van der Waals surface area contributed by atoms with Crippen LogP contribution in [-0.2, 0) is 11.3 Å². The van der Waals surface area contributed by atoms with Crippen LogP contribution < -0.4 is 10.2 Å². The molecule has 2 aliphatic rings. The predicted molar refractivity (Wildman–Crippen MR) is 101 cm³/mol. The zero-order valence-corrected chi connectivity index (χ0v) is 15.3. The molecular weight excluding hydrogens is 364 g/mol. The van der Waals surface area contributed by atoms with E-state index in [0.29, 0.717) is 37.3 Å². The SMILES string of the molecule is O=C(NCc1cccc(F)c1)N1CC[C@]2(CC(=O)N(c3ccc(F)cc3)C2)C1. The number of carbonyl (C=O) groups excluding carboxylic acids is 2. The molecule has 2 aromatic rings. The number of benzene rings is 2. The van der Waals surface area contributed by atoms with Gasteiger partial charge < -0.3 is 15.1 Å². The Labute approximate surface area is 161 Å². The third-order valence-electron chi connectivity index (χ3n) is 5.52. The minimum atomic E-state index is -0.341. The van der Waals surface area contributed by atoms with Gasteiger partial charge in [0.25, 0.3) is 0 Å². The van der Waals surface area contributed by atoms with E-state index in [2.05, 4.69) is 5.32 Å². The molecular formula is C21H21F2N3O2. The molecule has 2 aromatic carbocycles. The van der Waals surface area contributed by atoms with Crippen LogP contribution in [0.5, 0.6) is 0 Å². The highest BCUT2D eigenvalue weighted by molar-refractivity contribution is 5.96. The van der Waals surface area contributed by atoms with Crippen molar-refractivity contribution in [2.24, 2.45) is 5.41 Å². The van der Waals surface area contributed by atoms with E-state index >= 15 is 0 Å². The van der Waals surface area contributed by atoms with Crippen LogP contribution in [0.3, 0.4) is 0 Å². The van der Waals surface area contributed by atoms with Gasteiger partial charge in [0, 0.05) is 43.7 Å². The topological polar surface area (TPSA) is 52.7 Å². The lowest BCUT2D eigenvalue weighted by Gasteiger charge is -2.24. The highest BCUT2D eigenvalue weighted by atomic mass is 19.1. The smallest absolute Gasteiger partial charge is 0.317 e. The molecule has 0 radical (unpaired) electrons. The van der Waals surface area contributed by atoms with Gasteiger partial charge >= 0.3 is 6.03 Å². The number of nitrogens with zero attached hydrogens (tertiary/aromatic N) is 2. The fourth-order valence-electron chi connectivity index (χ4n) is 4.07. The van der Waals surface area contributed by atoms with Crippen molar-refractivity contribution in [3.8, 4) is 0 Å². The first-order valence-electron chi connectivity index (χ1n) is 9.27. The van der Waals surface area contributed by atoms with Crippen molar-refractivity contribution < 1.29 is 18.4 Å². The molecule has 2 heterocycles. The number of nitrogens with one attached hydrogen (secondary N) is 1. The average molecular weight is 385 g/mol. The predicted octanol–water partition coefficient (Wildman–Crippen LogP) is 3.30. The van der Waals surface area contributed by atoms with Gasteiger partial charge in [-0.15, -0.1) is 0 Å².